The average Bonchev–Trinajstić information content (AvgIpc) is 2.29. The van der Waals surface area contributed by atoms with Gasteiger partial charge in [-0.15, -0.1) is 0 Å². The van der Waals surface area contributed by atoms with Crippen LogP contribution >= 0.6 is 11.6 Å². The molecule has 0 fully saturated rings. The molecule has 0 heterocycles. The molecule has 0 saturated heterocycles. The fraction of sp³-hybridized carbons (Fsp3) is 0.333. The van der Waals surface area contributed by atoms with Gasteiger partial charge in [0.15, 0.2) is 0 Å². The van der Waals surface area contributed by atoms with E-state index in [2.05, 4.69) is 32.3 Å². The summed E-state index contributed by atoms with van der Waals surface area (Å²) in [7, 11) is 0. The second kappa shape index (κ2) is 6.20. The Morgan fingerprint density at radius 1 is 1.47 bits per heavy atom. The van der Waals surface area contributed by atoms with Crippen molar-refractivity contribution in [3.05, 3.63) is 48.2 Å². The number of benzene rings is 1. The van der Waals surface area contributed by atoms with E-state index in [0.29, 0.717) is 11.6 Å². The van der Waals surface area contributed by atoms with Crippen LogP contribution in [0.3, 0.4) is 0 Å². The van der Waals surface area contributed by atoms with Crippen molar-refractivity contribution >= 4 is 23.4 Å². The minimum Gasteiger partial charge on any atom is -0.353 e. The predicted octanol–water partition coefficient (Wildman–Crippen LogP) is 5.29. The number of nitrogens with one attached hydrogen (secondary N) is 1. The Morgan fingerprint density at radius 2 is 2.11 bits per heavy atom. The monoisotopic (exact) mass is 285 g/mol. The van der Waals surface area contributed by atoms with Crippen molar-refractivity contribution in [3.8, 4) is 0 Å². The lowest BCUT2D eigenvalue weighted by Gasteiger charge is -2.16. The van der Waals surface area contributed by atoms with Gasteiger partial charge in [-0.05, 0) is 47.2 Å². The minimum absolute atomic E-state index is 0.514. The molecule has 1 nitrogen and oxygen atoms in total. The fourth-order valence-electron chi connectivity index (χ4n) is 1.73. The highest BCUT2D eigenvalue weighted by atomic mass is 35.5. The lowest BCUT2D eigenvalue weighted by atomic mass is 9.97. The summed E-state index contributed by atoms with van der Waals surface area (Å²) in [4.78, 5) is 0. The third-order valence-corrected chi connectivity index (χ3v) is 2.86. The van der Waals surface area contributed by atoms with E-state index >= 15 is 0 Å². The van der Waals surface area contributed by atoms with Gasteiger partial charge in [-0.3, -0.25) is 0 Å². The maximum absolute atomic E-state index is 12.8. The van der Waals surface area contributed by atoms with Gasteiger partial charge in [0.25, 0.3) is 0 Å². The van der Waals surface area contributed by atoms with E-state index in [1.165, 1.54) is 0 Å². The number of hydrogen-bond acceptors (Lipinski definition) is 1. The lowest BCUT2D eigenvalue weighted by molar-refractivity contribution is 0.140. The van der Waals surface area contributed by atoms with Crippen LogP contribution < -0.4 is 5.32 Å². The van der Waals surface area contributed by atoms with E-state index in [-0.39, 0.29) is 0 Å². The van der Waals surface area contributed by atoms with Crippen molar-refractivity contribution in [2.75, 3.05) is 5.32 Å². The Labute approximate surface area is 118 Å². The Hall–Kier alpha value is -1.35. The standard InChI is InChI=1S/C15H18ClF2N/c1-5-12-9-14(19-11(4)15(16,17)18)7-6-13(12)8-10(2)3/h5-7,9-10,19H,1,4,8H2,2-3H3. The largest absolute Gasteiger partial charge is 0.362 e. The normalized spacial score (nSPS) is 11.5. The molecule has 1 aromatic carbocycles. The molecular formula is C15H18ClF2N. The molecule has 0 spiro atoms. The molecule has 0 aliphatic rings. The molecule has 1 N–H and O–H groups in total. The second-order valence-electron chi connectivity index (χ2n) is 4.82. The van der Waals surface area contributed by atoms with E-state index in [4.69, 9.17) is 11.6 Å². The summed E-state index contributed by atoms with van der Waals surface area (Å²) < 4.78 is 25.6. The van der Waals surface area contributed by atoms with Gasteiger partial charge in [-0.25, -0.2) is 0 Å². The molecular weight excluding hydrogens is 268 g/mol. The Kier molecular flexibility index (Phi) is 5.12. The highest BCUT2D eigenvalue weighted by molar-refractivity contribution is 6.23. The molecule has 0 aromatic heterocycles. The van der Waals surface area contributed by atoms with E-state index in [9.17, 15) is 8.78 Å². The lowest BCUT2D eigenvalue weighted by Crippen LogP contribution is -2.16. The van der Waals surface area contributed by atoms with Crippen LogP contribution in [-0.2, 0) is 6.42 Å². The Bertz CT molecular complexity index is 476. The minimum atomic E-state index is -3.47. The van der Waals surface area contributed by atoms with Crippen LogP contribution in [0.2, 0.25) is 0 Å². The van der Waals surface area contributed by atoms with Gasteiger partial charge >= 0.3 is 5.38 Å². The highest BCUT2D eigenvalue weighted by Gasteiger charge is 2.29. The van der Waals surface area contributed by atoms with Gasteiger partial charge in [0, 0.05) is 5.69 Å². The molecule has 0 saturated carbocycles. The Balaban J connectivity index is 2.94. The maximum atomic E-state index is 12.8. The summed E-state index contributed by atoms with van der Waals surface area (Å²) in [6, 6.07) is 5.40. The molecule has 0 aliphatic heterocycles. The third-order valence-electron chi connectivity index (χ3n) is 2.63. The van der Waals surface area contributed by atoms with Crippen molar-refractivity contribution in [2.45, 2.75) is 25.7 Å². The Morgan fingerprint density at radius 3 is 2.58 bits per heavy atom. The van der Waals surface area contributed by atoms with Crippen LogP contribution in [0.25, 0.3) is 6.08 Å². The zero-order valence-electron chi connectivity index (χ0n) is 11.1. The number of halogens is 3. The van der Waals surface area contributed by atoms with Crippen LogP contribution in [0.5, 0.6) is 0 Å². The zero-order valence-corrected chi connectivity index (χ0v) is 11.9. The summed E-state index contributed by atoms with van der Waals surface area (Å²) in [5, 5.41) is -0.954. The SMILES string of the molecule is C=Cc1cc(NC(=C)C(F)(F)Cl)ccc1CC(C)C. The molecule has 19 heavy (non-hydrogen) atoms. The van der Waals surface area contributed by atoms with Gasteiger partial charge in [0.1, 0.15) is 0 Å². The molecule has 0 amide bonds. The summed E-state index contributed by atoms with van der Waals surface area (Å²) in [6.45, 7) is 11.2. The van der Waals surface area contributed by atoms with Crippen molar-refractivity contribution in [1.29, 1.82) is 0 Å². The number of hydrogen-bond donors (Lipinski definition) is 1. The summed E-state index contributed by atoms with van der Waals surface area (Å²) in [6.07, 6.45) is 2.62. The molecule has 1 rings (SSSR count). The maximum Gasteiger partial charge on any atom is 0.362 e. The first-order valence-corrected chi connectivity index (χ1v) is 6.40. The van der Waals surface area contributed by atoms with Crippen molar-refractivity contribution in [1.82, 2.24) is 0 Å². The van der Waals surface area contributed by atoms with E-state index in [0.717, 1.165) is 17.5 Å². The molecule has 0 radical (unpaired) electrons. The number of rotatable bonds is 6. The van der Waals surface area contributed by atoms with Gasteiger partial charge in [-0.1, -0.05) is 39.1 Å². The van der Waals surface area contributed by atoms with Gasteiger partial charge in [-0.2, -0.15) is 8.78 Å². The van der Waals surface area contributed by atoms with Crippen molar-refractivity contribution in [2.24, 2.45) is 5.92 Å². The zero-order chi connectivity index (χ0) is 14.6. The molecule has 0 bridgehead atoms. The fourth-order valence-corrected chi connectivity index (χ4v) is 1.78. The van der Waals surface area contributed by atoms with Crippen LogP contribution in [-0.4, -0.2) is 5.38 Å². The van der Waals surface area contributed by atoms with Crippen molar-refractivity contribution < 1.29 is 8.78 Å². The third kappa shape index (κ3) is 4.67. The average molecular weight is 286 g/mol. The summed E-state index contributed by atoms with van der Waals surface area (Å²) >= 11 is 4.89. The van der Waals surface area contributed by atoms with E-state index < -0.39 is 11.1 Å². The van der Waals surface area contributed by atoms with Crippen molar-refractivity contribution in [3.63, 3.8) is 0 Å². The van der Waals surface area contributed by atoms with Gasteiger partial charge in [0.05, 0.1) is 5.70 Å². The van der Waals surface area contributed by atoms with Gasteiger partial charge in [0.2, 0.25) is 0 Å². The smallest absolute Gasteiger partial charge is 0.353 e. The van der Waals surface area contributed by atoms with Crippen LogP contribution in [0.4, 0.5) is 14.5 Å². The summed E-state index contributed by atoms with van der Waals surface area (Å²) in [5.74, 6) is 0.514. The van der Waals surface area contributed by atoms with E-state index in [1.807, 2.05) is 6.07 Å². The molecule has 4 heteroatoms. The molecule has 1 aromatic rings. The molecule has 0 atom stereocenters. The molecule has 104 valence electrons. The second-order valence-corrected chi connectivity index (χ2v) is 5.29. The topological polar surface area (TPSA) is 12.0 Å². The predicted molar refractivity (Wildman–Crippen MR) is 78.6 cm³/mol. The first-order chi connectivity index (χ1) is 8.74. The van der Waals surface area contributed by atoms with Crippen LogP contribution in [0, 0.1) is 5.92 Å². The highest BCUT2D eigenvalue weighted by Crippen LogP contribution is 2.29. The number of anilines is 1. The molecule has 0 unspecified atom stereocenters. The number of alkyl halides is 3. The van der Waals surface area contributed by atoms with Gasteiger partial charge < -0.3 is 5.32 Å². The first-order valence-electron chi connectivity index (χ1n) is 6.02. The molecule has 0 aliphatic carbocycles. The van der Waals surface area contributed by atoms with Crippen LogP contribution in [0.1, 0.15) is 25.0 Å². The van der Waals surface area contributed by atoms with E-state index in [1.54, 1.807) is 18.2 Å². The quantitative estimate of drug-likeness (QED) is 0.701. The first kappa shape index (κ1) is 15.7. The number of allylic oxidation sites excluding steroid dienone is 1. The van der Waals surface area contributed by atoms with Crippen LogP contribution in [0.15, 0.2) is 37.1 Å². The summed E-state index contributed by atoms with van der Waals surface area (Å²) in [5.41, 5.74) is 2.04.